The van der Waals surface area contributed by atoms with Crippen molar-refractivity contribution in [2.45, 2.75) is 26.3 Å². The largest absolute Gasteiger partial charge is 0.380 e. The number of urea groups is 1. The van der Waals surface area contributed by atoms with Crippen LogP contribution in [0, 0.1) is 0 Å². The monoisotopic (exact) mass is 325 g/mol. The van der Waals surface area contributed by atoms with Crippen LogP contribution in [0.2, 0.25) is 0 Å². The molecule has 0 radical (unpaired) electrons. The molecule has 0 spiro atoms. The Hall–Kier alpha value is -1.11. The highest BCUT2D eigenvalue weighted by atomic mass is 32.1. The van der Waals surface area contributed by atoms with Gasteiger partial charge in [-0.25, -0.2) is 4.79 Å². The third kappa shape index (κ3) is 5.26. The molecule has 22 heavy (non-hydrogen) atoms. The highest BCUT2D eigenvalue weighted by molar-refractivity contribution is 7.10. The molecule has 1 aromatic heterocycles. The quantitative estimate of drug-likeness (QED) is 0.784. The highest BCUT2D eigenvalue weighted by Gasteiger charge is 2.22. The van der Waals surface area contributed by atoms with Gasteiger partial charge in [-0.2, -0.15) is 0 Å². The SMILES string of the molecule is CCCOCCN1CCN(C(=O)N[C@@H](C)c2cccs2)CC1. The number of ether oxygens (including phenoxy) is 1. The number of hydrogen-bond donors (Lipinski definition) is 1. The van der Waals surface area contributed by atoms with Crippen molar-refractivity contribution >= 4 is 17.4 Å². The van der Waals surface area contributed by atoms with Gasteiger partial charge in [-0.05, 0) is 24.8 Å². The first kappa shape index (κ1) is 17.2. The van der Waals surface area contributed by atoms with Gasteiger partial charge in [0.2, 0.25) is 0 Å². The zero-order valence-corrected chi connectivity index (χ0v) is 14.4. The normalized spacial score (nSPS) is 17.5. The van der Waals surface area contributed by atoms with Crippen molar-refractivity contribution in [3.05, 3.63) is 22.4 Å². The first-order valence-electron chi connectivity index (χ1n) is 8.09. The summed E-state index contributed by atoms with van der Waals surface area (Å²) in [4.78, 5) is 17.8. The summed E-state index contributed by atoms with van der Waals surface area (Å²) < 4.78 is 5.52. The Morgan fingerprint density at radius 3 is 2.77 bits per heavy atom. The molecule has 0 unspecified atom stereocenters. The third-order valence-corrected chi connectivity index (χ3v) is 4.92. The van der Waals surface area contributed by atoms with Crippen LogP contribution in [0.25, 0.3) is 0 Å². The molecule has 1 aliphatic rings. The summed E-state index contributed by atoms with van der Waals surface area (Å²) in [6.45, 7) is 10.2. The van der Waals surface area contributed by atoms with Crippen molar-refractivity contribution in [2.75, 3.05) is 45.9 Å². The number of thiophene rings is 1. The predicted octanol–water partition coefficient (Wildman–Crippen LogP) is 2.56. The van der Waals surface area contributed by atoms with Crippen molar-refractivity contribution in [1.82, 2.24) is 15.1 Å². The average Bonchev–Trinajstić information content (AvgIpc) is 3.06. The molecule has 124 valence electrons. The van der Waals surface area contributed by atoms with Crippen LogP contribution in [0.15, 0.2) is 17.5 Å². The molecular weight excluding hydrogens is 298 g/mol. The number of amides is 2. The number of hydrogen-bond acceptors (Lipinski definition) is 4. The van der Waals surface area contributed by atoms with Gasteiger partial charge in [0.05, 0.1) is 12.6 Å². The molecule has 2 rings (SSSR count). The maximum absolute atomic E-state index is 12.3. The van der Waals surface area contributed by atoms with Crippen LogP contribution in [0.3, 0.4) is 0 Å². The molecule has 0 saturated carbocycles. The highest BCUT2D eigenvalue weighted by Crippen LogP contribution is 2.18. The molecule has 2 amide bonds. The Morgan fingerprint density at radius 2 is 2.14 bits per heavy atom. The van der Waals surface area contributed by atoms with Gasteiger partial charge in [-0.15, -0.1) is 11.3 Å². The molecule has 0 bridgehead atoms. The van der Waals surface area contributed by atoms with Crippen LogP contribution in [0.4, 0.5) is 4.79 Å². The molecule has 5 nitrogen and oxygen atoms in total. The van der Waals surface area contributed by atoms with Crippen LogP contribution >= 0.6 is 11.3 Å². The molecule has 0 aromatic carbocycles. The van der Waals surface area contributed by atoms with Gasteiger partial charge in [-0.1, -0.05) is 13.0 Å². The van der Waals surface area contributed by atoms with E-state index >= 15 is 0 Å². The van der Waals surface area contributed by atoms with E-state index in [9.17, 15) is 4.79 Å². The zero-order valence-electron chi connectivity index (χ0n) is 13.6. The molecule has 1 saturated heterocycles. The van der Waals surface area contributed by atoms with E-state index in [0.717, 1.165) is 52.4 Å². The minimum absolute atomic E-state index is 0.0442. The standard InChI is InChI=1S/C16H27N3O2S/c1-3-11-21-12-10-18-6-8-19(9-7-18)16(20)17-14(2)15-5-4-13-22-15/h4-5,13-14H,3,6-12H2,1-2H3,(H,17,20)/t14-/m0/s1. The minimum atomic E-state index is 0.0442. The van der Waals surface area contributed by atoms with E-state index in [2.05, 4.69) is 23.2 Å². The Balaban J connectivity index is 1.66. The lowest BCUT2D eigenvalue weighted by atomic mass is 10.3. The molecule has 1 N–H and O–H groups in total. The average molecular weight is 325 g/mol. The van der Waals surface area contributed by atoms with E-state index in [4.69, 9.17) is 4.74 Å². The van der Waals surface area contributed by atoms with Gasteiger partial charge >= 0.3 is 6.03 Å². The van der Waals surface area contributed by atoms with Crippen molar-refractivity contribution in [3.63, 3.8) is 0 Å². The summed E-state index contributed by atoms with van der Waals surface area (Å²) in [5.74, 6) is 0. The van der Waals surface area contributed by atoms with E-state index in [1.165, 1.54) is 4.88 Å². The third-order valence-electron chi connectivity index (χ3n) is 3.87. The van der Waals surface area contributed by atoms with E-state index in [-0.39, 0.29) is 12.1 Å². The second-order valence-corrected chi connectivity index (χ2v) is 6.61. The van der Waals surface area contributed by atoms with Crippen LogP contribution in [-0.2, 0) is 4.74 Å². The maximum atomic E-state index is 12.3. The van der Waals surface area contributed by atoms with Crippen LogP contribution in [-0.4, -0.2) is 61.8 Å². The summed E-state index contributed by atoms with van der Waals surface area (Å²) in [7, 11) is 0. The number of piperazine rings is 1. The zero-order chi connectivity index (χ0) is 15.8. The van der Waals surface area contributed by atoms with E-state index in [0.29, 0.717) is 0 Å². The second-order valence-electron chi connectivity index (χ2n) is 5.63. The Morgan fingerprint density at radius 1 is 1.36 bits per heavy atom. The summed E-state index contributed by atoms with van der Waals surface area (Å²) in [6, 6.07) is 4.20. The lowest BCUT2D eigenvalue weighted by Crippen LogP contribution is -2.52. The summed E-state index contributed by atoms with van der Waals surface area (Å²) in [5.41, 5.74) is 0. The first-order chi connectivity index (χ1) is 10.7. The lowest BCUT2D eigenvalue weighted by molar-refractivity contribution is 0.0821. The Labute approximate surface area is 137 Å². The molecule has 2 heterocycles. The number of nitrogens with one attached hydrogen (secondary N) is 1. The maximum Gasteiger partial charge on any atom is 0.317 e. The fourth-order valence-electron chi connectivity index (χ4n) is 2.50. The van der Waals surface area contributed by atoms with Crippen molar-refractivity contribution < 1.29 is 9.53 Å². The number of rotatable bonds is 7. The van der Waals surface area contributed by atoms with Crippen LogP contribution in [0.5, 0.6) is 0 Å². The second kappa shape index (κ2) is 9.12. The van der Waals surface area contributed by atoms with Gasteiger partial charge in [0, 0.05) is 44.2 Å². The molecule has 1 aliphatic heterocycles. The smallest absolute Gasteiger partial charge is 0.317 e. The summed E-state index contributed by atoms with van der Waals surface area (Å²) in [5, 5.41) is 5.12. The van der Waals surface area contributed by atoms with E-state index in [1.54, 1.807) is 11.3 Å². The van der Waals surface area contributed by atoms with Gasteiger partial charge in [-0.3, -0.25) is 4.90 Å². The predicted molar refractivity (Wildman–Crippen MR) is 90.4 cm³/mol. The van der Waals surface area contributed by atoms with Crippen molar-refractivity contribution in [2.24, 2.45) is 0 Å². The molecule has 1 atom stereocenters. The van der Waals surface area contributed by atoms with E-state index < -0.39 is 0 Å². The van der Waals surface area contributed by atoms with Gasteiger partial charge < -0.3 is 15.0 Å². The first-order valence-corrected chi connectivity index (χ1v) is 8.97. The van der Waals surface area contributed by atoms with E-state index in [1.807, 2.05) is 23.3 Å². The van der Waals surface area contributed by atoms with Crippen molar-refractivity contribution in [3.8, 4) is 0 Å². The molecule has 1 aromatic rings. The fourth-order valence-corrected chi connectivity index (χ4v) is 3.23. The minimum Gasteiger partial charge on any atom is -0.380 e. The Kier molecular flexibility index (Phi) is 7.15. The summed E-state index contributed by atoms with van der Waals surface area (Å²) >= 11 is 1.68. The van der Waals surface area contributed by atoms with Crippen molar-refractivity contribution in [1.29, 1.82) is 0 Å². The van der Waals surface area contributed by atoms with Gasteiger partial charge in [0.1, 0.15) is 0 Å². The van der Waals surface area contributed by atoms with Crippen LogP contribution < -0.4 is 5.32 Å². The Bertz CT molecular complexity index is 431. The van der Waals surface area contributed by atoms with Gasteiger partial charge in [0.15, 0.2) is 0 Å². The fraction of sp³-hybridized carbons (Fsp3) is 0.688. The molecule has 1 fully saturated rings. The lowest BCUT2D eigenvalue weighted by Gasteiger charge is -2.35. The molecular formula is C16H27N3O2S. The number of carbonyl (C=O) groups is 1. The molecule has 0 aliphatic carbocycles. The number of nitrogens with zero attached hydrogens (tertiary/aromatic N) is 2. The number of carbonyl (C=O) groups excluding carboxylic acids is 1. The molecule has 6 heteroatoms. The summed E-state index contributed by atoms with van der Waals surface area (Å²) in [6.07, 6.45) is 1.07. The van der Waals surface area contributed by atoms with Gasteiger partial charge in [0.25, 0.3) is 0 Å². The topological polar surface area (TPSA) is 44.8 Å². The van der Waals surface area contributed by atoms with Crippen LogP contribution in [0.1, 0.15) is 31.2 Å².